The maximum atomic E-state index is 12.4. The van der Waals surface area contributed by atoms with Gasteiger partial charge in [-0.1, -0.05) is 22.9 Å². The number of carbonyl (C=O) groups is 1. The second-order valence-electron chi connectivity index (χ2n) is 5.75. The van der Waals surface area contributed by atoms with Crippen LogP contribution in [0.2, 0.25) is 0 Å². The predicted molar refractivity (Wildman–Crippen MR) is 105 cm³/mol. The summed E-state index contributed by atoms with van der Waals surface area (Å²) in [6.45, 7) is 3.77. The molecule has 0 spiro atoms. The summed E-state index contributed by atoms with van der Waals surface area (Å²) < 4.78 is 33.5. The van der Waals surface area contributed by atoms with Crippen LogP contribution in [-0.2, 0) is 14.8 Å². The Morgan fingerprint density at radius 3 is 2.31 bits per heavy atom. The van der Waals surface area contributed by atoms with Crippen molar-refractivity contribution in [3.8, 4) is 5.75 Å². The number of hydrogen-bond acceptors (Lipinski definition) is 4. The fourth-order valence-electron chi connectivity index (χ4n) is 2.01. The molecule has 0 aliphatic heterocycles. The first kappa shape index (κ1) is 20.3. The van der Waals surface area contributed by atoms with Crippen LogP contribution in [0.5, 0.6) is 5.75 Å². The van der Waals surface area contributed by atoms with Gasteiger partial charge in [0.05, 0.1) is 4.90 Å². The van der Waals surface area contributed by atoms with E-state index in [0.29, 0.717) is 11.4 Å². The molecule has 0 unspecified atom stereocenters. The molecule has 140 valence electrons. The summed E-state index contributed by atoms with van der Waals surface area (Å²) in [4.78, 5) is 11.8. The highest BCUT2D eigenvalue weighted by Crippen LogP contribution is 2.20. The Morgan fingerprint density at radius 2 is 1.73 bits per heavy atom. The average Bonchev–Trinajstić information content (AvgIpc) is 2.62. The zero-order valence-electron chi connectivity index (χ0n) is 14.5. The number of halogens is 1. The van der Waals surface area contributed by atoms with Crippen molar-refractivity contribution in [3.05, 3.63) is 53.0 Å². The van der Waals surface area contributed by atoms with E-state index in [9.17, 15) is 13.2 Å². The number of ether oxygens (including phenoxy) is 1. The third-order valence-corrected chi connectivity index (χ3v) is 5.55. The van der Waals surface area contributed by atoms with Crippen LogP contribution in [0.15, 0.2) is 57.9 Å². The van der Waals surface area contributed by atoms with E-state index in [2.05, 4.69) is 26.0 Å². The molecule has 0 heterocycles. The van der Waals surface area contributed by atoms with Gasteiger partial charge in [0.15, 0.2) is 6.61 Å². The maximum absolute atomic E-state index is 12.4. The molecule has 0 aliphatic rings. The van der Waals surface area contributed by atoms with Crippen molar-refractivity contribution in [2.45, 2.75) is 31.2 Å². The van der Waals surface area contributed by atoms with Crippen LogP contribution in [-0.4, -0.2) is 27.0 Å². The first-order valence-electron chi connectivity index (χ1n) is 8.11. The number of anilines is 1. The summed E-state index contributed by atoms with van der Waals surface area (Å²) in [5.41, 5.74) is 0.468. The lowest BCUT2D eigenvalue weighted by molar-refractivity contribution is -0.123. The van der Waals surface area contributed by atoms with E-state index in [1.807, 2.05) is 13.8 Å². The minimum atomic E-state index is -3.69. The molecule has 8 heteroatoms. The molecule has 1 amide bonds. The third-order valence-electron chi connectivity index (χ3n) is 3.62. The maximum Gasteiger partial charge on any atom is 0.261 e. The second kappa shape index (κ2) is 9.05. The molecule has 2 N–H and O–H groups in total. The zero-order chi connectivity index (χ0) is 19.2. The Morgan fingerprint density at radius 1 is 1.12 bits per heavy atom. The highest BCUT2D eigenvalue weighted by molar-refractivity contribution is 9.10. The normalized spacial score (nSPS) is 12.3. The fourth-order valence-corrected chi connectivity index (χ4v) is 3.34. The number of nitrogens with one attached hydrogen (secondary N) is 2. The first-order valence-corrected chi connectivity index (χ1v) is 10.4. The molecular weight excluding hydrogens is 420 g/mol. The van der Waals surface area contributed by atoms with Crippen LogP contribution in [0, 0.1) is 0 Å². The number of rotatable bonds is 8. The van der Waals surface area contributed by atoms with E-state index in [-0.39, 0.29) is 23.5 Å². The Hall–Kier alpha value is -2.06. The minimum absolute atomic E-state index is 0.0864. The molecule has 2 aromatic rings. The summed E-state index contributed by atoms with van der Waals surface area (Å²) in [6.07, 6.45) is 0.837. The zero-order valence-corrected chi connectivity index (χ0v) is 16.9. The standard InChI is InChI=1S/C18H21BrN2O4S/c1-3-13(2)20-18(22)12-25-16-8-10-17(11-9-16)26(23,24)21-15-6-4-14(19)5-7-15/h4-11,13,21H,3,12H2,1-2H3,(H,20,22)/t13-/m1/s1. The van der Waals surface area contributed by atoms with Gasteiger partial charge in [0.1, 0.15) is 5.75 Å². The van der Waals surface area contributed by atoms with E-state index < -0.39 is 10.0 Å². The lowest BCUT2D eigenvalue weighted by Crippen LogP contribution is -2.35. The van der Waals surface area contributed by atoms with Gasteiger partial charge in [-0.2, -0.15) is 0 Å². The number of sulfonamides is 1. The van der Waals surface area contributed by atoms with Gasteiger partial charge in [0, 0.05) is 16.2 Å². The summed E-state index contributed by atoms with van der Waals surface area (Å²) >= 11 is 3.30. The Bertz CT molecular complexity index is 836. The minimum Gasteiger partial charge on any atom is -0.484 e. The topological polar surface area (TPSA) is 84.5 Å². The van der Waals surface area contributed by atoms with E-state index in [1.165, 1.54) is 24.3 Å². The predicted octanol–water partition coefficient (Wildman–Crippen LogP) is 3.54. The number of carbonyl (C=O) groups excluding carboxylic acids is 1. The Labute approximate surface area is 162 Å². The highest BCUT2D eigenvalue weighted by Gasteiger charge is 2.14. The fraction of sp³-hybridized carbons (Fsp3) is 0.278. The van der Waals surface area contributed by atoms with Crippen molar-refractivity contribution in [2.24, 2.45) is 0 Å². The molecule has 0 aliphatic carbocycles. The highest BCUT2D eigenvalue weighted by atomic mass is 79.9. The average molecular weight is 441 g/mol. The largest absolute Gasteiger partial charge is 0.484 e. The van der Waals surface area contributed by atoms with Gasteiger partial charge in [-0.05, 0) is 61.9 Å². The van der Waals surface area contributed by atoms with Crippen LogP contribution >= 0.6 is 15.9 Å². The Balaban J connectivity index is 1.97. The molecule has 0 saturated carbocycles. The third kappa shape index (κ3) is 6.03. The van der Waals surface area contributed by atoms with Crippen LogP contribution in [0.1, 0.15) is 20.3 Å². The molecule has 2 rings (SSSR count). The van der Waals surface area contributed by atoms with E-state index in [0.717, 1.165) is 10.9 Å². The van der Waals surface area contributed by atoms with Gasteiger partial charge < -0.3 is 10.1 Å². The smallest absolute Gasteiger partial charge is 0.261 e. The number of hydrogen-bond donors (Lipinski definition) is 2. The van der Waals surface area contributed by atoms with Gasteiger partial charge in [-0.25, -0.2) is 8.42 Å². The van der Waals surface area contributed by atoms with Crippen molar-refractivity contribution in [1.82, 2.24) is 5.32 Å². The quantitative estimate of drug-likeness (QED) is 0.657. The van der Waals surface area contributed by atoms with Crippen molar-refractivity contribution in [2.75, 3.05) is 11.3 Å². The first-order chi connectivity index (χ1) is 12.3. The van der Waals surface area contributed by atoms with E-state index >= 15 is 0 Å². The summed E-state index contributed by atoms with van der Waals surface area (Å²) in [6, 6.07) is 12.8. The molecule has 0 bridgehead atoms. The molecule has 2 aromatic carbocycles. The Kier molecular flexibility index (Phi) is 7.05. The van der Waals surface area contributed by atoms with Gasteiger partial charge >= 0.3 is 0 Å². The summed E-state index contributed by atoms with van der Waals surface area (Å²) in [7, 11) is -3.69. The van der Waals surface area contributed by atoms with Crippen molar-refractivity contribution in [3.63, 3.8) is 0 Å². The molecule has 0 fully saturated rings. The lowest BCUT2D eigenvalue weighted by atomic mass is 10.2. The van der Waals surface area contributed by atoms with Gasteiger partial charge in [-0.15, -0.1) is 0 Å². The van der Waals surface area contributed by atoms with Gasteiger partial charge in [-0.3, -0.25) is 9.52 Å². The van der Waals surface area contributed by atoms with Crippen LogP contribution in [0.25, 0.3) is 0 Å². The van der Waals surface area contributed by atoms with Crippen LogP contribution in [0.3, 0.4) is 0 Å². The SMILES string of the molecule is CC[C@@H](C)NC(=O)COc1ccc(S(=O)(=O)Nc2ccc(Br)cc2)cc1. The van der Waals surface area contributed by atoms with Crippen molar-refractivity contribution in [1.29, 1.82) is 0 Å². The van der Waals surface area contributed by atoms with Crippen molar-refractivity contribution >= 4 is 37.5 Å². The molecular formula is C18H21BrN2O4S. The molecule has 0 saturated heterocycles. The van der Waals surface area contributed by atoms with E-state index in [1.54, 1.807) is 24.3 Å². The molecule has 0 radical (unpaired) electrons. The second-order valence-corrected chi connectivity index (χ2v) is 8.35. The summed E-state index contributed by atoms with van der Waals surface area (Å²) in [5.74, 6) is 0.208. The van der Waals surface area contributed by atoms with Crippen LogP contribution < -0.4 is 14.8 Å². The van der Waals surface area contributed by atoms with Gasteiger partial charge in [0.25, 0.3) is 15.9 Å². The monoisotopic (exact) mass is 440 g/mol. The van der Waals surface area contributed by atoms with E-state index in [4.69, 9.17) is 4.74 Å². The van der Waals surface area contributed by atoms with Crippen molar-refractivity contribution < 1.29 is 17.9 Å². The number of amides is 1. The summed E-state index contributed by atoms with van der Waals surface area (Å²) in [5, 5.41) is 2.79. The lowest BCUT2D eigenvalue weighted by Gasteiger charge is -2.12. The molecule has 1 atom stereocenters. The molecule has 0 aromatic heterocycles. The molecule has 26 heavy (non-hydrogen) atoms. The van der Waals surface area contributed by atoms with Crippen LogP contribution in [0.4, 0.5) is 5.69 Å². The van der Waals surface area contributed by atoms with Gasteiger partial charge in [0.2, 0.25) is 0 Å². The number of benzene rings is 2. The molecule has 6 nitrogen and oxygen atoms in total.